The van der Waals surface area contributed by atoms with E-state index in [1.165, 1.54) is 16.0 Å². The van der Waals surface area contributed by atoms with Gasteiger partial charge >= 0.3 is 0 Å². The molecular formula is C23H26Br2N2O3S2. The van der Waals surface area contributed by atoms with Gasteiger partial charge in [0, 0.05) is 32.7 Å². The van der Waals surface area contributed by atoms with Gasteiger partial charge in [-0.1, -0.05) is 33.2 Å². The lowest BCUT2D eigenvalue weighted by molar-refractivity contribution is 0.173. The maximum absolute atomic E-state index is 5.43. The molecule has 172 valence electrons. The average Bonchev–Trinajstić information content (AvgIpc) is 3.53. The maximum atomic E-state index is 5.43. The zero-order valence-electron chi connectivity index (χ0n) is 18.5. The molecule has 0 unspecified atom stereocenters. The van der Waals surface area contributed by atoms with Crippen LogP contribution in [-0.2, 0) is 16.1 Å². The van der Waals surface area contributed by atoms with Gasteiger partial charge in [0.25, 0.3) is 0 Å². The zero-order valence-corrected chi connectivity index (χ0v) is 23.3. The predicted molar refractivity (Wildman–Crippen MR) is 142 cm³/mol. The van der Waals surface area contributed by atoms with Crippen molar-refractivity contribution in [1.29, 1.82) is 0 Å². The summed E-state index contributed by atoms with van der Waals surface area (Å²) < 4.78 is 7.54. The van der Waals surface area contributed by atoms with E-state index in [0.29, 0.717) is 13.2 Å². The fourth-order valence-electron chi connectivity index (χ4n) is 3.58. The molecule has 32 heavy (non-hydrogen) atoms. The standard InChI is InChI=1S/C12H14BrNOS.C11H12BrNO2S/c1-3-8-9(13)4-5-11(16-2)12(8)10-6-7-15-14-10;1-14-11-7(12)3-4-9(16-2)10(11)8-5-6-15-13-8/h4-5H,3,6-7H2,1-2H3;3-4H,5-6H2,1-2H3. The first-order valence-electron chi connectivity index (χ1n) is 10.2. The lowest BCUT2D eigenvalue weighted by Gasteiger charge is -2.13. The number of rotatable bonds is 6. The number of methoxy groups -OCH3 is 1. The van der Waals surface area contributed by atoms with Crippen molar-refractivity contribution in [2.24, 2.45) is 10.3 Å². The van der Waals surface area contributed by atoms with Crippen molar-refractivity contribution in [2.75, 3.05) is 32.8 Å². The largest absolute Gasteiger partial charge is 0.495 e. The molecule has 2 aromatic carbocycles. The van der Waals surface area contributed by atoms with Crippen molar-refractivity contribution in [2.45, 2.75) is 36.0 Å². The topological polar surface area (TPSA) is 52.4 Å². The van der Waals surface area contributed by atoms with Crippen LogP contribution < -0.4 is 4.74 Å². The predicted octanol–water partition coefficient (Wildman–Crippen LogP) is 7.16. The van der Waals surface area contributed by atoms with Crippen LogP contribution >= 0.6 is 55.4 Å². The van der Waals surface area contributed by atoms with Crippen molar-refractivity contribution in [3.63, 3.8) is 0 Å². The summed E-state index contributed by atoms with van der Waals surface area (Å²) in [5.41, 5.74) is 5.69. The first kappa shape index (κ1) is 25.5. The fourth-order valence-corrected chi connectivity index (χ4v) is 5.95. The lowest BCUT2D eigenvalue weighted by atomic mass is 9.99. The third-order valence-corrected chi connectivity index (χ3v) is 8.00. The highest BCUT2D eigenvalue weighted by molar-refractivity contribution is 9.10. The minimum Gasteiger partial charge on any atom is -0.495 e. The molecule has 0 N–H and O–H groups in total. The SMILES string of the molecule is CCc1c(Br)ccc(SC)c1C1=NOCC1.COc1c(Br)ccc(SC)c1C1=NOCC1. The number of nitrogens with zero attached hydrogens (tertiary/aromatic N) is 2. The second-order valence-electron chi connectivity index (χ2n) is 6.86. The van der Waals surface area contributed by atoms with Crippen molar-refractivity contribution in [3.8, 4) is 5.75 Å². The number of thioether (sulfide) groups is 2. The molecule has 0 saturated carbocycles. The molecule has 2 heterocycles. The highest BCUT2D eigenvalue weighted by Gasteiger charge is 2.21. The Morgan fingerprint density at radius 1 is 0.875 bits per heavy atom. The molecule has 2 aromatic rings. The van der Waals surface area contributed by atoms with Crippen molar-refractivity contribution in [3.05, 3.63) is 49.9 Å². The Hall–Kier alpha value is -1.16. The van der Waals surface area contributed by atoms with Gasteiger partial charge in [0.1, 0.15) is 19.0 Å². The van der Waals surface area contributed by atoms with Gasteiger partial charge in [0.15, 0.2) is 0 Å². The smallest absolute Gasteiger partial charge is 0.143 e. The molecule has 0 radical (unpaired) electrons. The molecule has 0 saturated heterocycles. The van der Waals surface area contributed by atoms with Gasteiger partial charge in [-0.2, -0.15) is 0 Å². The second kappa shape index (κ2) is 12.3. The molecule has 2 aliphatic rings. The Kier molecular flexibility index (Phi) is 9.82. The van der Waals surface area contributed by atoms with Gasteiger partial charge in [-0.05, 0) is 64.7 Å². The molecule has 0 spiro atoms. The van der Waals surface area contributed by atoms with Crippen LogP contribution in [0, 0.1) is 0 Å². The van der Waals surface area contributed by atoms with E-state index in [4.69, 9.17) is 14.4 Å². The molecule has 4 rings (SSSR count). The Morgan fingerprint density at radius 3 is 1.88 bits per heavy atom. The summed E-state index contributed by atoms with van der Waals surface area (Å²) in [5.74, 6) is 0.830. The number of halogens is 2. The quantitative estimate of drug-likeness (QED) is 0.329. The average molecular weight is 602 g/mol. The summed E-state index contributed by atoms with van der Waals surface area (Å²) in [6.07, 6.45) is 6.89. The first-order chi connectivity index (χ1) is 15.5. The Labute approximate surface area is 215 Å². The zero-order chi connectivity index (χ0) is 23.1. The summed E-state index contributed by atoms with van der Waals surface area (Å²) in [4.78, 5) is 12.6. The van der Waals surface area contributed by atoms with E-state index in [1.807, 2.05) is 12.3 Å². The van der Waals surface area contributed by atoms with Crippen LogP contribution in [0.4, 0.5) is 0 Å². The summed E-state index contributed by atoms with van der Waals surface area (Å²) in [7, 11) is 1.67. The number of ether oxygens (including phenoxy) is 1. The molecule has 9 heteroatoms. The van der Waals surface area contributed by atoms with Crippen LogP contribution in [0.5, 0.6) is 5.75 Å². The van der Waals surface area contributed by atoms with E-state index in [2.05, 4.69) is 73.5 Å². The second-order valence-corrected chi connectivity index (χ2v) is 10.3. The van der Waals surface area contributed by atoms with E-state index < -0.39 is 0 Å². The van der Waals surface area contributed by atoms with Crippen molar-refractivity contribution in [1.82, 2.24) is 0 Å². The number of hydrogen-bond acceptors (Lipinski definition) is 7. The van der Waals surface area contributed by atoms with Crippen LogP contribution in [0.3, 0.4) is 0 Å². The van der Waals surface area contributed by atoms with Crippen molar-refractivity contribution < 1.29 is 14.4 Å². The maximum Gasteiger partial charge on any atom is 0.143 e. The number of hydrogen-bond donors (Lipinski definition) is 0. The molecular weight excluding hydrogens is 576 g/mol. The molecule has 0 atom stereocenters. The molecule has 0 aliphatic carbocycles. The Balaban J connectivity index is 0.000000181. The number of benzene rings is 2. The van der Waals surface area contributed by atoms with E-state index in [0.717, 1.165) is 55.8 Å². The van der Waals surface area contributed by atoms with Crippen LogP contribution in [0.2, 0.25) is 0 Å². The van der Waals surface area contributed by atoms with Crippen LogP contribution in [0.25, 0.3) is 0 Å². The van der Waals surface area contributed by atoms with Crippen LogP contribution in [0.1, 0.15) is 36.5 Å². The minimum absolute atomic E-state index is 0.652. The third kappa shape index (κ3) is 5.66. The van der Waals surface area contributed by atoms with E-state index in [-0.39, 0.29) is 0 Å². The lowest BCUT2D eigenvalue weighted by Crippen LogP contribution is -2.05. The normalized spacial score (nSPS) is 14.7. The van der Waals surface area contributed by atoms with E-state index >= 15 is 0 Å². The van der Waals surface area contributed by atoms with E-state index in [9.17, 15) is 0 Å². The Morgan fingerprint density at radius 2 is 1.41 bits per heavy atom. The third-order valence-electron chi connectivity index (χ3n) is 5.07. The fraction of sp³-hybridized carbons (Fsp3) is 0.391. The van der Waals surface area contributed by atoms with Crippen molar-refractivity contribution >= 4 is 66.8 Å². The first-order valence-corrected chi connectivity index (χ1v) is 14.2. The summed E-state index contributed by atoms with van der Waals surface area (Å²) >= 11 is 10.5. The van der Waals surface area contributed by atoms with Gasteiger partial charge in [-0.3, -0.25) is 0 Å². The molecule has 0 amide bonds. The highest BCUT2D eigenvalue weighted by atomic mass is 79.9. The van der Waals surface area contributed by atoms with E-state index in [1.54, 1.807) is 30.6 Å². The Bertz CT molecular complexity index is 947. The summed E-state index contributed by atoms with van der Waals surface area (Å²) in [6.45, 7) is 3.53. The molecule has 5 nitrogen and oxygen atoms in total. The summed E-state index contributed by atoms with van der Waals surface area (Å²) in [5, 5.41) is 8.21. The molecule has 2 aliphatic heterocycles. The van der Waals surface area contributed by atoms with Gasteiger partial charge in [0.2, 0.25) is 0 Å². The van der Waals surface area contributed by atoms with Crippen LogP contribution in [-0.4, -0.2) is 44.3 Å². The van der Waals surface area contributed by atoms with Crippen LogP contribution in [0.15, 0.2) is 53.3 Å². The number of oxime groups is 2. The summed E-state index contributed by atoms with van der Waals surface area (Å²) in [6, 6.07) is 8.31. The van der Waals surface area contributed by atoms with Gasteiger partial charge in [-0.15, -0.1) is 23.5 Å². The molecule has 0 aromatic heterocycles. The molecule has 0 bridgehead atoms. The molecule has 0 fully saturated rings. The van der Waals surface area contributed by atoms with Gasteiger partial charge < -0.3 is 14.4 Å². The minimum atomic E-state index is 0.652. The monoisotopic (exact) mass is 600 g/mol. The highest BCUT2D eigenvalue weighted by Crippen LogP contribution is 2.37. The van der Waals surface area contributed by atoms with Gasteiger partial charge in [-0.25, -0.2) is 0 Å². The van der Waals surface area contributed by atoms with Gasteiger partial charge in [0.05, 0.1) is 28.6 Å².